The Morgan fingerprint density at radius 3 is 3.06 bits per heavy atom. The molecule has 6 nitrogen and oxygen atoms in total. The number of rotatable bonds is 2. The van der Waals surface area contributed by atoms with Gasteiger partial charge in [-0.3, -0.25) is 4.79 Å². The summed E-state index contributed by atoms with van der Waals surface area (Å²) < 4.78 is 6.71. The van der Waals surface area contributed by atoms with Crippen LogP contribution in [0.4, 0.5) is 0 Å². The van der Waals surface area contributed by atoms with Crippen LogP contribution in [0.25, 0.3) is 16.7 Å². The molecule has 0 saturated carbocycles. The fraction of sp³-hybridized carbons (Fsp3) is 0. The van der Waals surface area contributed by atoms with Gasteiger partial charge in [0.15, 0.2) is 6.29 Å². The molecular weight excluding hydrogens is 208 g/mol. The Bertz CT molecular complexity index is 642. The predicted octanol–water partition coefficient (Wildman–Crippen LogP) is 1.22. The number of aromatic nitrogens is 4. The van der Waals surface area contributed by atoms with Crippen LogP contribution in [0.15, 0.2) is 35.2 Å². The largest absolute Gasteiger partial charge is 0.464 e. The Labute approximate surface area is 89.5 Å². The third kappa shape index (κ3) is 1.20. The summed E-state index contributed by atoms with van der Waals surface area (Å²) in [6, 6.07) is 5.31. The van der Waals surface area contributed by atoms with E-state index in [1.165, 1.54) is 11.0 Å². The van der Waals surface area contributed by atoms with E-state index in [9.17, 15) is 4.79 Å². The number of benzene rings is 1. The van der Waals surface area contributed by atoms with Crippen LogP contribution in [0, 0.1) is 0 Å². The second-order valence-corrected chi connectivity index (χ2v) is 3.25. The molecule has 0 aliphatic heterocycles. The fourth-order valence-electron chi connectivity index (χ4n) is 1.59. The van der Waals surface area contributed by atoms with E-state index in [1.54, 1.807) is 18.4 Å². The van der Waals surface area contributed by atoms with E-state index >= 15 is 0 Å². The van der Waals surface area contributed by atoms with Crippen molar-refractivity contribution >= 4 is 17.3 Å². The zero-order valence-electron chi connectivity index (χ0n) is 8.07. The van der Waals surface area contributed by atoms with Gasteiger partial charge < -0.3 is 4.42 Å². The van der Waals surface area contributed by atoms with Gasteiger partial charge in [0.25, 0.3) is 0 Å². The number of furan rings is 1. The quantitative estimate of drug-likeness (QED) is 0.599. The Hall–Kier alpha value is -2.50. The van der Waals surface area contributed by atoms with Gasteiger partial charge >= 0.3 is 0 Å². The maximum Gasteiger partial charge on any atom is 0.153 e. The number of aldehydes is 1. The van der Waals surface area contributed by atoms with Crippen molar-refractivity contribution in [1.82, 2.24) is 20.2 Å². The van der Waals surface area contributed by atoms with Gasteiger partial charge in [-0.15, -0.1) is 5.10 Å². The molecular formula is C10H6N4O2. The van der Waals surface area contributed by atoms with Crippen molar-refractivity contribution in [2.75, 3.05) is 0 Å². The molecule has 16 heavy (non-hydrogen) atoms. The molecule has 0 spiro atoms. The van der Waals surface area contributed by atoms with Crippen LogP contribution < -0.4 is 0 Å². The number of fused-ring (bicyclic) bond motifs is 1. The minimum atomic E-state index is 0.480. The summed E-state index contributed by atoms with van der Waals surface area (Å²) in [6.07, 6.45) is 3.76. The monoisotopic (exact) mass is 214 g/mol. The van der Waals surface area contributed by atoms with Crippen molar-refractivity contribution in [1.29, 1.82) is 0 Å². The van der Waals surface area contributed by atoms with E-state index in [0.717, 1.165) is 17.4 Å². The van der Waals surface area contributed by atoms with Crippen LogP contribution >= 0.6 is 0 Å². The average molecular weight is 214 g/mol. The van der Waals surface area contributed by atoms with Gasteiger partial charge in [0.05, 0.1) is 17.5 Å². The van der Waals surface area contributed by atoms with Gasteiger partial charge in [-0.05, 0) is 28.6 Å². The van der Waals surface area contributed by atoms with Crippen molar-refractivity contribution in [3.8, 4) is 5.69 Å². The van der Waals surface area contributed by atoms with Gasteiger partial charge in [0, 0.05) is 5.39 Å². The van der Waals surface area contributed by atoms with Gasteiger partial charge in [-0.2, -0.15) is 0 Å². The van der Waals surface area contributed by atoms with Crippen molar-refractivity contribution in [3.05, 3.63) is 36.4 Å². The normalized spacial score (nSPS) is 10.8. The number of carbonyl (C=O) groups is 1. The first-order valence-corrected chi connectivity index (χ1v) is 4.58. The molecule has 0 radical (unpaired) electrons. The van der Waals surface area contributed by atoms with Crippen LogP contribution in [0.3, 0.4) is 0 Å². The molecule has 0 N–H and O–H groups in total. The number of hydrogen-bond donors (Lipinski definition) is 0. The Balaban J connectivity index is 2.31. The van der Waals surface area contributed by atoms with E-state index in [1.807, 2.05) is 6.07 Å². The lowest BCUT2D eigenvalue weighted by Gasteiger charge is -2.00. The molecule has 0 aliphatic rings. The summed E-state index contributed by atoms with van der Waals surface area (Å²) in [4.78, 5) is 10.9. The van der Waals surface area contributed by atoms with Crippen molar-refractivity contribution in [2.24, 2.45) is 0 Å². The highest BCUT2D eigenvalue weighted by molar-refractivity contribution is 5.96. The van der Waals surface area contributed by atoms with Crippen LogP contribution in [0.1, 0.15) is 10.4 Å². The maximum atomic E-state index is 10.9. The zero-order valence-corrected chi connectivity index (χ0v) is 8.07. The van der Waals surface area contributed by atoms with Crippen molar-refractivity contribution in [3.63, 3.8) is 0 Å². The fourth-order valence-corrected chi connectivity index (χ4v) is 1.59. The van der Waals surface area contributed by atoms with E-state index < -0.39 is 0 Å². The Kier molecular flexibility index (Phi) is 1.79. The van der Waals surface area contributed by atoms with E-state index in [4.69, 9.17) is 4.42 Å². The molecule has 0 aliphatic carbocycles. The molecule has 3 aromatic rings. The summed E-state index contributed by atoms with van der Waals surface area (Å²) in [5, 5.41) is 11.7. The molecule has 2 aromatic heterocycles. The Morgan fingerprint density at radius 1 is 1.38 bits per heavy atom. The predicted molar refractivity (Wildman–Crippen MR) is 54.3 cm³/mol. The molecule has 0 atom stereocenters. The Morgan fingerprint density at radius 2 is 2.31 bits per heavy atom. The number of tetrazole rings is 1. The lowest BCUT2D eigenvalue weighted by Crippen LogP contribution is -1.96. The third-order valence-corrected chi connectivity index (χ3v) is 2.31. The molecule has 0 fully saturated rings. The topological polar surface area (TPSA) is 73.8 Å². The van der Waals surface area contributed by atoms with E-state index in [2.05, 4.69) is 15.5 Å². The lowest BCUT2D eigenvalue weighted by atomic mass is 10.1. The summed E-state index contributed by atoms with van der Waals surface area (Å²) in [7, 11) is 0. The van der Waals surface area contributed by atoms with Gasteiger partial charge in [0.2, 0.25) is 0 Å². The minimum Gasteiger partial charge on any atom is -0.464 e. The van der Waals surface area contributed by atoms with Crippen LogP contribution in [-0.2, 0) is 0 Å². The minimum absolute atomic E-state index is 0.480. The molecule has 78 valence electrons. The number of hydrogen-bond acceptors (Lipinski definition) is 5. The highest BCUT2D eigenvalue weighted by Crippen LogP contribution is 2.22. The maximum absolute atomic E-state index is 10.9. The van der Waals surface area contributed by atoms with Gasteiger partial charge in [0.1, 0.15) is 11.9 Å². The third-order valence-electron chi connectivity index (χ3n) is 2.31. The van der Waals surface area contributed by atoms with Crippen LogP contribution in [0.5, 0.6) is 0 Å². The second kappa shape index (κ2) is 3.27. The first-order valence-electron chi connectivity index (χ1n) is 4.58. The smallest absolute Gasteiger partial charge is 0.153 e. The second-order valence-electron chi connectivity index (χ2n) is 3.25. The van der Waals surface area contributed by atoms with Crippen molar-refractivity contribution < 1.29 is 9.21 Å². The van der Waals surface area contributed by atoms with E-state index in [0.29, 0.717) is 11.1 Å². The van der Waals surface area contributed by atoms with E-state index in [-0.39, 0.29) is 0 Å². The molecule has 0 unspecified atom stereocenters. The molecule has 0 amide bonds. The molecule has 0 saturated heterocycles. The first kappa shape index (κ1) is 8.78. The van der Waals surface area contributed by atoms with Gasteiger partial charge in [-0.25, -0.2) is 4.68 Å². The summed E-state index contributed by atoms with van der Waals surface area (Å²) >= 11 is 0. The summed E-state index contributed by atoms with van der Waals surface area (Å²) in [5.41, 5.74) is 1.78. The SMILES string of the molecule is O=Cc1cc(-n2cnnn2)cc2ccoc12. The molecule has 3 rings (SSSR count). The molecule has 2 heterocycles. The molecule has 0 bridgehead atoms. The van der Waals surface area contributed by atoms with Crippen LogP contribution in [-0.4, -0.2) is 26.5 Å². The lowest BCUT2D eigenvalue weighted by molar-refractivity contribution is 0.112. The summed E-state index contributed by atoms with van der Waals surface area (Å²) in [6.45, 7) is 0. The first-order chi connectivity index (χ1) is 7.88. The number of nitrogens with zero attached hydrogens (tertiary/aromatic N) is 4. The highest BCUT2D eigenvalue weighted by atomic mass is 16.3. The number of carbonyl (C=O) groups excluding carboxylic acids is 1. The molecule has 1 aromatic carbocycles. The zero-order chi connectivity index (χ0) is 11.0. The van der Waals surface area contributed by atoms with Crippen LogP contribution in [0.2, 0.25) is 0 Å². The van der Waals surface area contributed by atoms with Crippen molar-refractivity contribution in [2.45, 2.75) is 0 Å². The average Bonchev–Trinajstić information content (AvgIpc) is 2.97. The standard InChI is InChI=1S/C10H6N4O2/c15-5-8-4-9(14-6-11-12-13-14)3-7-1-2-16-10(7)8/h1-6H. The van der Waals surface area contributed by atoms with Gasteiger partial charge in [-0.1, -0.05) is 0 Å². The molecule has 6 heteroatoms. The highest BCUT2D eigenvalue weighted by Gasteiger charge is 2.08. The summed E-state index contributed by atoms with van der Waals surface area (Å²) in [5.74, 6) is 0.